The molecule has 0 aliphatic heterocycles. The topological polar surface area (TPSA) is 0 Å². The Kier molecular flexibility index (Phi) is 5.83. The summed E-state index contributed by atoms with van der Waals surface area (Å²) in [5.41, 5.74) is -0.105. The Morgan fingerprint density at radius 1 is 0.852 bits per heavy atom. The fourth-order valence-electron chi connectivity index (χ4n) is 4.70. The third-order valence-electron chi connectivity index (χ3n) is 6.33. The molecule has 1 aromatic rings. The van der Waals surface area contributed by atoms with Crippen LogP contribution in [0, 0.1) is 17.6 Å². The molecular weight excluding hydrogens is 366 g/mol. The highest BCUT2D eigenvalue weighted by atomic mass is 19.3. The van der Waals surface area contributed by atoms with Crippen molar-refractivity contribution in [2.75, 3.05) is 0 Å². The molecule has 152 valence electrons. The Morgan fingerprint density at radius 3 is 1.85 bits per heavy atom. The normalized spacial score (nSPS) is 27.8. The first kappa shape index (κ1) is 20.5. The van der Waals surface area contributed by atoms with Gasteiger partial charge in [-0.25, -0.2) is 8.78 Å². The zero-order valence-corrected chi connectivity index (χ0v) is 15.5. The Hall–Kier alpha value is -1.20. The first-order valence-electron chi connectivity index (χ1n) is 9.89. The van der Waals surface area contributed by atoms with Crippen LogP contribution in [0.4, 0.5) is 26.3 Å². The summed E-state index contributed by atoms with van der Waals surface area (Å²) in [6.07, 6.45) is 4.76. The highest BCUT2D eigenvalue weighted by Gasteiger charge is 2.63. The lowest BCUT2D eigenvalue weighted by Crippen LogP contribution is -2.33. The number of rotatable bonds is 5. The number of hydrogen-bond donors (Lipinski definition) is 0. The lowest BCUT2D eigenvalue weighted by molar-refractivity contribution is -0.185. The summed E-state index contributed by atoms with van der Waals surface area (Å²) < 4.78 is 82.8. The fraction of sp³-hybridized carbons (Fsp3) is 0.714. The minimum absolute atomic E-state index is 0.0346. The molecule has 0 spiro atoms. The van der Waals surface area contributed by atoms with Crippen molar-refractivity contribution in [1.82, 2.24) is 0 Å². The van der Waals surface area contributed by atoms with Gasteiger partial charge in [-0.15, -0.1) is 0 Å². The van der Waals surface area contributed by atoms with E-state index in [2.05, 4.69) is 6.92 Å². The number of alkyl halides is 4. The number of benzene rings is 1. The minimum atomic E-state index is -4.23. The third kappa shape index (κ3) is 4.14. The maximum absolute atomic E-state index is 14.5. The van der Waals surface area contributed by atoms with Gasteiger partial charge in [-0.1, -0.05) is 26.2 Å². The number of hydrogen-bond acceptors (Lipinski definition) is 0. The van der Waals surface area contributed by atoms with Gasteiger partial charge >= 0.3 is 11.8 Å². The molecule has 0 nitrogen and oxygen atoms in total. The molecule has 2 fully saturated rings. The van der Waals surface area contributed by atoms with Crippen LogP contribution in [0.15, 0.2) is 12.1 Å². The first-order chi connectivity index (χ1) is 12.6. The van der Waals surface area contributed by atoms with Gasteiger partial charge in [0.15, 0.2) is 0 Å². The minimum Gasteiger partial charge on any atom is -0.207 e. The molecule has 2 saturated carbocycles. The molecule has 0 aromatic heterocycles. The largest absolute Gasteiger partial charge is 0.310 e. The molecular formula is C21H26F6. The number of unbranched alkanes of at least 4 members (excludes halogenated alkanes) is 1. The summed E-state index contributed by atoms with van der Waals surface area (Å²) in [4.78, 5) is 0. The summed E-state index contributed by atoms with van der Waals surface area (Å²) in [5, 5.41) is 0. The Bertz CT molecular complexity index is 622. The Morgan fingerprint density at radius 2 is 1.37 bits per heavy atom. The molecule has 0 saturated heterocycles. The van der Waals surface area contributed by atoms with Crippen LogP contribution in [-0.2, 0) is 0 Å². The van der Waals surface area contributed by atoms with Crippen LogP contribution in [0.1, 0.15) is 87.7 Å². The van der Waals surface area contributed by atoms with Crippen molar-refractivity contribution in [3.05, 3.63) is 34.9 Å². The maximum Gasteiger partial charge on any atom is 0.310 e. The molecule has 3 rings (SSSR count). The smallest absolute Gasteiger partial charge is 0.207 e. The van der Waals surface area contributed by atoms with Gasteiger partial charge in [-0.2, -0.15) is 17.6 Å². The van der Waals surface area contributed by atoms with Gasteiger partial charge in [-0.05, 0) is 55.2 Å². The second-order valence-electron chi connectivity index (χ2n) is 8.27. The van der Waals surface area contributed by atoms with Gasteiger partial charge in [0.2, 0.25) is 0 Å². The van der Waals surface area contributed by atoms with E-state index in [1.54, 1.807) is 0 Å². The van der Waals surface area contributed by atoms with E-state index in [1.807, 2.05) is 0 Å². The summed E-state index contributed by atoms with van der Waals surface area (Å²) >= 11 is 0. The predicted octanol–water partition coefficient (Wildman–Crippen LogP) is 7.58. The van der Waals surface area contributed by atoms with E-state index in [0.29, 0.717) is 11.5 Å². The number of halogens is 6. The molecule has 1 aromatic carbocycles. The third-order valence-corrected chi connectivity index (χ3v) is 6.33. The zero-order valence-electron chi connectivity index (χ0n) is 15.5. The second-order valence-corrected chi connectivity index (χ2v) is 8.27. The van der Waals surface area contributed by atoms with E-state index in [-0.39, 0.29) is 5.92 Å². The molecule has 0 heterocycles. The van der Waals surface area contributed by atoms with Gasteiger partial charge in [-0.3, -0.25) is 0 Å². The molecule has 0 unspecified atom stereocenters. The van der Waals surface area contributed by atoms with E-state index in [4.69, 9.17) is 0 Å². The van der Waals surface area contributed by atoms with Crippen molar-refractivity contribution in [2.45, 2.75) is 88.4 Å². The van der Waals surface area contributed by atoms with Gasteiger partial charge in [0.25, 0.3) is 0 Å². The van der Waals surface area contributed by atoms with Gasteiger partial charge in [0.05, 0.1) is 0 Å². The van der Waals surface area contributed by atoms with Gasteiger partial charge in [0.1, 0.15) is 11.6 Å². The maximum atomic E-state index is 14.5. The van der Waals surface area contributed by atoms with Crippen molar-refractivity contribution in [3.8, 4) is 0 Å². The van der Waals surface area contributed by atoms with Crippen LogP contribution < -0.4 is 0 Å². The Balaban J connectivity index is 1.73. The van der Waals surface area contributed by atoms with Crippen LogP contribution in [0.25, 0.3) is 0 Å². The van der Waals surface area contributed by atoms with Crippen molar-refractivity contribution in [2.24, 2.45) is 5.92 Å². The second kappa shape index (κ2) is 7.67. The van der Waals surface area contributed by atoms with Crippen molar-refractivity contribution in [3.63, 3.8) is 0 Å². The van der Waals surface area contributed by atoms with Gasteiger partial charge < -0.3 is 0 Å². The highest BCUT2D eigenvalue weighted by molar-refractivity contribution is 5.33. The van der Waals surface area contributed by atoms with E-state index in [1.165, 1.54) is 25.0 Å². The molecule has 27 heavy (non-hydrogen) atoms. The van der Waals surface area contributed by atoms with Crippen LogP contribution in [0.5, 0.6) is 0 Å². The Labute approximate surface area is 156 Å². The fourth-order valence-corrected chi connectivity index (χ4v) is 4.70. The highest BCUT2D eigenvalue weighted by Crippen LogP contribution is 2.54. The SMILES string of the molecule is CCCCC1CCC(c2cc(F)c(C3CC(F)(F)C(F)(F)C3)c(F)c2)CC1. The van der Waals surface area contributed by atoms with Gasteiger partial charge in [0, 0.05) is 24.3 Å². The average molecular weight is 392 g/mol. The molecule has 0 atom stereocenters. The predicted molar refractivity (Wildman–Crippen MR) is 92.5 cm³/mol. The van der Waals surface area contributed by atoms with Crippen LogP contribution >= 0.6 is 0 Å². The van der Waals surface area contributed by atoms with E-state index in [9.17, 15) is 26.3 Å². The van der Waals surface area contributed by atoms with E-state index < -0.39 is 47.8 Å². The zero-order chi connectivity index (χ0) is 19.8. The summed E-state index contributed by atoms with van der Waals surface area (Å²) in [5.74, 6) is -11.2. The molecule has 0 radical (unpaired) electrons. The molecule has 6 heteroatoms. The molecule has 2 aliphatic carbocycles. The van der Waals surface area contributed by atoms with Crippen LogP contribution in [-0.4, -0.2) is 11.8 Å². The van der Waals surface area contributed by atoms with E-state index in [0.717, 1.165) is 32.1 Å². The molecule has 0 N–H and O–H groups in total. The molecule has 0 amide bonds. The molecule has 2 aliphatic rings. The summed E-state index contributed by atoms with van der Waals surface area (Å²) in [6, 6.07) is 2.34. The summed E-state index contributed by atoms with van der Waals surface area (Å²) in [7, 11) is 0. The summed E-state index contributed by atoms with van der Waals surface area (Å²) in [6.45, 7) is 2.15. The van der Waals surface area contributed by atoms with Crippen molar-refractivity contribution < 1.29 is 26.3 Å². The lowest BCUT2D eigenvalue weighted by atomic mass is 9.76. The lowest BCUT2D eigenvalue weighted by Gasteiger charge is -2.29. The quantitative estimate of drug-likeness (QED) is 0.453. The average Bonchev–Trinajstić information content (AvgIpc) is 2.80. The monoisotopic (exact) mass is 392 g/mol. The standard InChI is InChI=1S/C21H26F6/c1-2-3-4-13-5-7-14(8-6-13)15-9-17(22)19(18(23)10-15)16-11-20(24,25)21(26,27)12-16/h9-10,13-14,16H,2-8,11-12H2,1H3. The van der Waals surface area contributed by atoms with Crippen molar-refractivity contribution in [1.29, 1.82) is 0 Å². The first-order valence-corrected chi connectivity index (χ1v) is 9.89. The van der Waals surface area contributed by atoms with Crippen LogP contribution in [0.2, 0.25) is 0 Å². The van der Waals surface area contributed by atoms with E-state index >= 15 is 0 Å². The molecule has 0 bridgehead atoms. The van der Waals surface area contributed by atoms with Crippen LogP contribution in [0.3, 0.4) is 0 Å². The van der Waals surface area contributed by atoms with Crippen molar-refractivity contribution >= 4 is 0 Å².